The number of benzene rings is 1. The summed E-state index contributed by atoms with van der Waals surface area (Å²) in [5, 5.41) is 2.29. The summed E-state index contributed by atoms with van der Waals surface area (Å²) in [4.78, 5) is 22.8. The van der Waals surface area contributed by atoms with Crippen LogP contribution >= 0.6 is 0 Å². The number of rotatable bonds is 0. The minimum atomic E-state index is -0.445. The summed E-state index contributed by atoms with van der Waals surface area (Å²) < 4.78 is 0. The second-order valence-electron chi connectivity index (χ2n) is 3.29. The van der Waals surface area contributed by atoms with Crippen LogP contribution in [0.4, 0.5) is 5.69 Å². The second kappa shape index (κ2) is 2.33. The highest BCUT2D eigenvalue weighted by Crippen LogP contribution is 2.33. The molecule has 1 aromatic carbocycles. The van der Waals surface area contributed by atoms with Gasteiger partial charge in [-0.15, -0.1) is 0 Å². The SMILES string of the molecule is O=C1NC(=O)C2NNc3cccc1c32. The van der Waals surface area contributed by atoms with E-state index in [1.54, 1.807) is 12.1 Å². The van der Waals surface area contributed by atoms with Gasteiger partial charge in [0.15, 0.2) is 0 Å². The summed E-state index contributed by atoms with van der Waals surface area (Å²) >= 11 is 0. The van der Waals surface area contributed by atoms with Crippen LogP contribution in [0.5, 0.6) is 0 Å². The molecule has 0 aromatic heterocycles. The van der Waals surface area contributed by atoms with Crippen molar-refractivity contribution >= 4 is 17.5 Å². The van der Waals surface area contributed by atoms with E-state index in [1.165, 1.54) is 0 Å². The number of nitrogens with one attached hydrogen (secondary N) is 3. The summed E-state index contributed by atoms with van der Waals surface area (Å²) in [6, 6.07) is 4.87. The standard InChI is InChI=1S/C9H7N3O2/c13-8-4-2-1-3-5-6(4)7(12-11-5)9(14)10-8/h1-3,7,11-12H,(H,10,13,14). The third-order valence-electron chi connectivity index (χ3n) is 2.49. The lowest BCUT2D eigenvalue weighted by Gasteiger charge is -2.18. The van der Waals surface area contributed by atoms with E-state index in [9.17, 15) is 9.59 Å². The molecule has 0 saturated carbocycles. The molecule has 0 fully saturated rings. The monoisotopic (exact) mass is 189 g/mol. The summed E-state index contributed by atoms with van der Waals surface area (Å²) in [6.45, 7) is 0. The zero-order valence-corrected chi connectivity index (χ0v) is 7.13. The fourth-order valence-corrected chi connectivity index (χ4v) is 1.85. The zero-order valence-electron chi connectivity index (χ0n) is 7.13. The lowest BCUT2D eigenvalue weighted by Crippen LogP contribution is -2.43. The Labute approximate surface area is 79.5 Å². The van der Waals surface area contributed by atoms with Gasteiger partial charge in [-0.3, -0.25) is 14.9 Å². The molecule has 14 heavy (non-hydrogen) atoms. The Morgan fingerprint density at radius 2 is 2.07 bits per heavy atom. The van der Waals surface area contributed by atoms with Crippen LogP contribution in [-0.2, 0) is 4.79 Å². The Hall–Kier alpha value is -1.88. The average Bonchev–Trinajstić information content (AvgIpc) is 2.59. The van der Waals surface area contributed by atoms with Crippen molar-refractivity contribution in [2.45, 2.75) is 6.04 Å². The fraction of sp³-hybridized carbons (Fsp3) is 0.111. The number of imide groups is 1. The van der Waals surface area contributed by atoms with Crippen LogP contribution in [0.2, 0.25) is 0 Å². The van der Waals surface area contributed by atoms with E-state index in [2.05, 4.69) is 16.2 Å². The third-order valence-corrected chi connectivity index (χ3v) is 2.49. The molecule has 2 aliphatic rings. The number of amides is 2. The van der Waals surface area contributed by atoms with Crippen molar-refractivity contribution in [2.24, 2.45) is 0 Å². The predicted molar refractivity (Wildman–Crippen MR) is 48.4 cm³/mol. The van der Waals surface area contributed by atoms with Crippen molar-refractivity contribution in [3.8, 4) is 0 Å². The maximum Gasteiger partial charge on any atom is 0.258 e. The van der Waals surface area contributed by atoms with Crippen LogP contribution in [0.15, 0.2) is 18.2 Å². The topological polar surface area (TPSA) is 70.2 Å². The molecule has 0 bridgehead atoms. The molecule has 2 heterocycles. The highest BCUT2D eigenvalue weighted by atomic mass is 16.2. The average molecular weight is 189 g/mol. The highest BCUT2D eigenvalue weighted by molar-refractivity contribution is 6.13. The molecule has 0 spiro atoms. The van der Waals surface area contributed by atoms with Crippen LogP contribution < -0.4 is 16.2 Å². The van der Waals surface area contributed by atoms with Crippen LogP contribution in [0.25, 0.3) is 0 Å². The van der Waals surface area contributed by atoms with E-state index in [-0.39, 0.29) is 11.8 Å². The first-order valence-electron chi connectivity index (χ1n) is 4.27. The third kappa shape index (κ3) is 0.767. The van der Waals surface area contributed by atoms with Gasteiger partial charge in [-0.1, -0.05) is 6.07 Å². The number of hydrogen-bond acceptors (Lipinski definition) is 4. The quantitative estimate of drug-likeness (QED) is 0.499. The van der Waals surface area contributed by atoms with Gasteiger partial charge in [0, 0.05) is 11.1 Å². The van der Waals surface area contributed by atoms with Crippen LogP contribution in [0.1, 0.15) is 22.0 Å². The summed E-state index contributed by atoms with van der Waals surface area (Å²) in [6.07, 6.45) is 0. The molecule has 5 heteroatoms. The molecule has 5 nitrogen and oxygen atoms in total. The maximum absolute atomic E-state index is 11.4. The minimum Gasteiger partial charge on any atom is -0.320 e. The molecule has 0 saturated heterocycles. The van der Waals surface area contributed by atoms with Crippen molar-refractivity contribution in [2.75, 3.05) is 5.43 Å². The van der Waals surface area contributed by atoms with Crippen molar-refractivity contribution in [1.29, 1.82) is 0 Å². The van der Waals surface area contributed by atoms with Gasteiger partial charge in [0.25, 0.3) is 5.91 Å². The number of anilines is 1. The van der Waals surface area contributed by atoms with E-state index in [1.807, 2.05) is 6.07 Å². The Morgan fingerprint density at radius 3 is 2.93 bits per heavy atom. The lowest BCUT2D eigenvalue weighted by atomic mass is 9.96. The Balaban J connectivity index is 2.31. The Bertz CT molecular complexity index is 455. The predicted octanol–water partition coefficient (Wildman–Crippen LogP) is -0.0722. The number of carbonyl (C=O) groups is 2. The molecule has 0 radical (unpaired) electrons. The van der Waals surface area contributed by atoms with Crippen molar-refractivity contribution in [3.05, 3.63) is 29.3 Å². The van der Waals surface area contributed by atoms with Gasteiger partial charge in [0.2, 0.25) is 5.91 Å². The number of hydrazine groups is 1. The molecule has 0 aliphatic carbocycles. The van der Waals surface area contributed by atoms with Gasteiger partial charge in [0.05, 0.1) is 5.69 Å². The van der Waals surface area contributed by atoms with E-state index >= 15 is 0 Å². The molecular formula is C9H7N3O2. The summed E-state index contributed by atoms with van der Waals surface area (Å²) in [5.74, 6) is -0.631. The van der Waals surface area contributed by atoms with Crippen molar-refractivity contribution in [3.63, 3.8) is 0 Å². The van der Waals surface area contributed by atoms with Crippen LogP contribution in [0, 0.1) is 0 Å². The first-order valence-corrected chi connectivity index (χ1v) is 4.27. The summed E-state index contributed by atoms with van der Waals surface area (Å²) in [5.41, 5.74) is 7.80. The van der Waals surface area contributed by atoms with Gasteiger partial charge in [0.1, 0.15) is 6.04 Å². The normalized spacial score (nSPS) is 22.7. The lowest BCUT2D eigenvalue weighted by molar-refractivity contribution is -0.122. The molecule has 1 unspecified atom stereocenters. The van der Waals surface area contributed by atoms with Gasteiger partial charge in [-0.05, 0) is 12.1 Å². The second-order valence-corrected chi connectivity index (χ2v) is 3.29. The van der Waals surface area contributed by atoms with Crippen molar-refractivity contribution in [1.82, 2.24) is 10.7 Å². The smallest absolute Gasteiger partial charge is 0.258 e. The minimum absolute atomic E-state index is 0.306. The van der Waals surface area contributed by atoms with E-state index in [0.717, 1.165) is 11.3 Å². The number of carbonyl (C=O) groups excluding carboxylic acids is 2. The first-order chi connectivity index (χ1) is 6.77. The highest BCUT2D eigenvalue weighted by Gasteiger charge is 2.37. The van der Waals surface area contributed by atoms with E-state index in [4.69, 9.17) is 0 Å². The van der Waals surface area contributed by atoms with Crippen molar-refractivity contribution < 1.29 is 9.59 Å². The van der Waals surface area contributed by atoms with Gasteiger partial charge in [-0.25, -0.2) is 5.43 Å². The largest absolute Gasteiger partial charge is 0.320 e. The molecule has 2 amide bonds. The van der Waals surface area contributed by atoms with Crippen LogP contribution in [0.3, 0.4) is 0 Å². The zero-order chi connectivity index (χ0) is 9.71. The molecule has 2 aliphatic heterocycles. The first kappa shape index (κ1) is 7.52. The maximum atomic E-state index is 11.4. The van der Waals surface area contributed by atoms with Crippen LogP contribution in [-0.4, -0.2) is 11.8 Å². The fourth-order valence-electron chi connectivity index (χ4n) is 1.85. The molecule has 1 atom stereocenters. The molecule has 70 valence electrons. The van der Waals surface area contributed by atoms with Gasteiger partial charge < -0.3 is 5.43 Å². The van der Waals surface area contributed by atoms with Gasteiger partial charge in [-0.2, -0.15) is 0 Å². The Morgan fingerprint density at radius 1 is 1.21 bits per heavy atom. The summed E-state index contributed by atoms with van der Waals surface area (Å²) in [7, 11) is 0. The molecule has 3 N–H and O–H groups in total. The Kier molecular flexibility index (Phi) is 1.25. The van der Waals surface area contributed by atoms with E-state index < -0.39 is 6.04 Å². The number of hydrogen-bond donors (Lipinski definition) is 3. The van der Waals surface area contributed by atoms with E-state index in [0.29, 0.717) is 5.56 Å². The molecule has 3 rings (SSSR count). The molecule has 1 aromatic rings. The molecular weight excluding hydrogens is 182 g/mol. The van der Waals surface area contributed by atoms with Gasteiger partial charge >= 0.3 is 0 Å².